The van der Waals surface area contributed by atoms with Crippen LogP contribution in [0.2, 0.25) is 0 Å². The Morgan fingerprint density at radius 3 is 3.00 bits per heavy atom. The first-order chi connectivity index (χ1) is 5.24. The molecule has 0 aromatic heterocycles. The molecule has 0 amide bonds. The summed E-state index contributed by atoms with van der Waals surface area (Å²) in [7, 11) is 0. The highest BCUT2D eigenvalue weighted by molar-refractivity contribution is 4.84. The van der Waals surface area contributed by atoms with Crippen molar-refractivity contribution in [2.24, 2.45) is 5.73 Å². The smallest absolute Gasteiger partial charge is 0.0163 e. The lowest BCUT2D eigenvalue weighted by Crippen LogP contribution is -2.45. The highest BCUT2D eigenvalue weighted by Gasteiger charge is 2.21. The molecule has 0 aliphatic carbocycles. The number of piperidine rings is 1. The van der Waals surface area contributed by atoms with Gasteiger partial charge in [-0.1, -0.05) is 6.08 Å². The van der Waals surface area contributed by atoms with Crippen molar-refractivity contribution in [3.05, 3.63) is 12.7 Å². The van der Waals surface area contributed by atoms with Gasteiger partial charge in [0, 0.05) is 25.2 Å². The molecule has 0 aromatic rings. The number of hydrogen-bond acceptors (Lipinski definition) is 2. The van der Waals surface area contributed by atoms with Gasteiger partial charge in [-0.25, -0.2) is 0 Å². The van der Waals surface area contributed by atoms with E-state index in [0.29, 0.717) is 12.1 Å². The number of likely N-dealkylation sites (tertiary alicyclic amines) is 1. The maximum Gasteiger partial charge on any atom is 0.0163 e. The molecule has 64 valence electrons. The van der Waals surface area contributed by atoms with Crippen molar-refractivity contribution < 1.29 is 0 Å². The molecular formula is C9H18N2. The summed E-state index contributed by atoms with van der Waals surface area (Å²) in [6.45, 7) is 8.12. The molecule has 2 N–H and O–H groups in total. The summed E-state index contributed by atoms with van der Waals surface area (Å²) < 4.78 is 0. The molecule has 0 bridgehead atoms. The van der Waals surface area contributed by atoms with Crippen molar-refractivity contribution >= 4 is 0 Å². The molecule has 0 saturated carbocycles. The first-order valence-electron chi connectivity index (χ1n) is 4.34. The molecule has 0 radical (unpaired) electrons. The van der Waals surface area contributed by atoms with Crippen molar-refractivity contribution in [1.29, 1.82) is 0 Å². The summed E-state index contributed by atoms with van der Waals surface area (Å²) in [5.74, 6) is 0. The minimum atomic E-state index is 0.422. The van der Waals surface area contributed by atoms with Crippen molar-refractivity contribution in [3.8, 4) is 0 Å². The highest BCUT2D eigenvalue weighted by atomic mass is 15.2. The second-order valence-electron chi connectivity index (χ2n) is 3.42. The van der Waals surface area contributed by atoms with E-state index >= 15 is 0 Å². The van der Waals surface area contributed by atoms with E-state index < -0.39 is 0 Å². The van der Waals surface area contributed by atoms with E-state index in [2.05, 4.69) is 18.4 Å². The second kappa shape index (κ2) is 3.88. The Balaban J connectivity index is 2.37. The summed E-state index contributed by atoms with van der Waals surface area (Å²) in [4.78, 5) is 2.43. The van der Waals surface area contributed by atoms with Crippen molar-refractivity contribution in [2.75, 3.05) is 13.1 Å². The average molecular weight is 154 g/mol. The largest absolute Gasteiger partial charge is 0.328 e. The van der Waals surface area contributed by atoms with E-state index in [1.165, 1.54) is 0 Å². The van der Waals surface area contributed by atoms with Gasteiger partial charge in [0.2, 0.25) is 0 Å². The van der Waals surface area contributed by atoms with Crippen LogP contribution in [0.1, 0.15) is 19.8 Å². The number of hydrogen-bond donors (Lipinski definition) is 1. The Bertz CT molecular complexity index is 134. The maximum atomic E-state index is 5.83. The molecule has 0 spiro atoms. The van der Waals surface area contributed by atoms with Crippen LogP contribution in [0.3, 0.4) is 0 Å². The van der Waals surface area contributed by atoms with Gasteiger partial charge in [-0.15, -0.1) is 6.58 Å². The van der Waals surface area contributed by atoms with Gasteiger partial charge in [-0.3, -0.25) is 4.90 Å². The van der Waals surface area contributed by atoms with Gasteiger partial charge in [0.05, 0.1) is 0 Å². The lowest BCUT2D eigenvalue weighted by molar-refractivity contribution is 0.164. The molecule has 2 nitrogen and oxygen atoms in total. The molecule has 1 saturated heterocycles. The molecule has 1 rings (SSSR count). The van der Waals surface area contributed by atoms with E-state index in [1.54, 1.807) is 0 Å². The van der Waals surface area contributed by atoms with E-state index in [1.807, 2.05) is 6.08 Å². The van der Waals surface area contributed by atoms with Crippen LogP contribution < -0.4 is 5.73 Å². The molecular weight excluding hydrogens is 136 g/mol. The Labute approximate surface area is 69.1 Å². The van der Waals surface area contributed by atoms with Gasteiger partial charge in [-0.2, -0.15) is 0 Å². The molecule has 1 aliphatic heterocycles. The minimum absolute atomic E-state index is 0.422. The Morgan fingerprint density at radius 1 is 1.73 bits per heavy atom. The van der Waals surface area contributed by atoms with Crippen LogP contribution in [0.15, 0.2) is 12.7 Å². The molecule has 11 heavy (non-hydrogen) atoms. The predicted octanol–water partition coefficient (Wildman–Crippen LogP) is 0.984. The van der Waals surface area contributed by atoms with Crippen molar-refractivity contribution in [3.63, 3.8) is 0 Å². The number of nitrogens with two attached hydrogens (primary N) is 1. The zero-order valence-corrected chi connectivity index (χ0v) is 7.29. The van der Waals surface area contributed by atoms with Gasteiger partial charge in [0.15, 0.2) is 0 Å². The average Bonchev–Trinajstić information content (AvgIpc) is 1.95. The van der Waals surface area contributed by atoms with Gasteiger partial charge in [0.1, 0.15) is 0 Å². The molecule has 0 aromatic carbocycles. The van der Waals surface area contributed by atoms with E-state index in [4.69, 9.17) is 5.73 Å². The first-order valence-corrected chi connectivity index (χ1v) is 4.34. The monoisotopic (exact) mass is 154 g/mol. The zero-order chi connectivity index (χ0) is 8.27. The summed E-state index contributed by atoms with van der Waals surface area (Å²) in [6, 6.07) is 1.06. The maximum absolute atomic E-state index is 5.83. The molecule has 2 unspecified atom stereocenters. The third-order valence-corrected chi connectivity index (χ3v) is 2.42. The van der Waals surface area contributed by atoms with Crippen LogP contribution in [-0.4, -0.2) is 30.1 Å². The Morgan fingerprint density at radius 2 is 2.45 bits per heavy atom. The standard InChI is InChI=1S/C9H18N2/c1-3-5-11-6-4-9(10)7-8(11)2/h3,8-9H,1,4-7,10H2,2H3. The molecule has 1 fully saturated rings. The summed E-state index contributed by atoms with van der Waals surface area (Å²) >= 11 is 0. The van der Waals surface area contributed by atoms with Gasteiger partial charge >= 0.3 is 0 Å². The summed E-state index contributed by atoms with van der Waals surface area (Å²) in [5, 5.41) is 0. The van der Waals surface area contributed by atoms with Crippen LogP contribution >= 0.6 is 0 Å². The topological polar surface area (TPSA) is 29.3 Å². The number of nitrogens with zero attached hydrogens (tertiary/aromatic N) is 1. The molecule has 1 heterocycles. The summed E-state index contributed by atoms with van der Waals surface area (Å²) in [5.41, 5.74) is 5.83. The third kappa shape index (κ3) is 2.31. The van der Waals surface area contributed by atoms with Crippen molar-refractivity contribution in [1.82, 2.24) is 4.90 Å². The third-order valence-electron chi connectivity index (χ3n) is 2.42. The normalized spacial score (nSPS) is 33.6. The molecule has 2 heteroatoms. The minimum Gasteiger partial charge on any atom is -0.328 e. The number of rotatable bonds is 2. The molecule has 2 atom stereocenters. The second-order valence-corrected chi connectivity index (χ2v) is 3.42. The fourth-order valence-corrected chi connectivity index (χ4v) is 1.69. The zero-order valence-electron chi connectivity index (χ0n) is 7.29. The highest BCUT2D eigenvalue weighted by Crippen LogP contribution is 2.14. The van der Waals surface area contributed by atoms with Crippen LogP contribution in [0.5, 0.6) is 0 Å². The van der Waals surface area contributed by atoms with Crippen LogP contribution in [0.25, 0.3) is 0 Å². The van der Waals surface area contributed by atoms with Gasteiger partial charge in [0.25, 0.3) is 0 Å². The van der Waals surface area contributed by atoms with Crippen LogP contribution in [0.4, 0.5) is 0 Å². The van der Waals surface area contributed by atoms with Gasteiger partial charge in [-0.05, 0) is 19.8 Å². The first kappa shape index (κ1) is 8.75. The van der Waals surface area contributed by atoms with Crippen molar-refractivity contribution in [2.45, 2.75) is 31.8 Å². The van der Waals surface area contributed by atoms with Crippen LogP contribution in [0, 0.1) is 0 Å². The molecule has 1 aliphatic rings. The lowest BCUT2D eigenvalue weighted by Gasteiger charge is -2.35. The predicted molar refractivity (Wildman–Crippen MR) is 48.4 cm³/mol. The van der Waals surface area contributed by atoms with Crippen LogP contribution in [-0.2, 0) is 0 Å². The fraction of sp³-hybridized carbons (Fsp3) is 0.778. The Hall–Kier alpha value is -0.340. The lowest BCUT2D eigenvalue weighted by atomic mass is 9.99. The van der Waals surface area contributed by atoms with E-state index in [0.717, 1.165) is 25.9 Å². The van der Waals surface area contributed by atoms with Gasteiger partial charge < -0.3 is 5.73 Å². The van der Waals surface area contributed by atoms with E-state index in [-0.39, 0.29) is 0 Å². The SMILES string of the molecule is C=CCN1CCC(N)CC1C. The summed E-state index contributed by atoms with van der Waals surface area (Å²) in [6.07, 6.45) is 4.24. The quantitative estimate of drug-likeness (QED) is 0.601. The fourth-order valence-electron chi connectivity index (χ4n) is 1.69. The Kier molecular flexibility index (Phi) is 3.09. The van der Waals surface area contributed by atoms with E-state index in [9.17, 15) is 0 Å².